The van der Waals surface area contributed by atoms with Crippen LogP contribution in [0.3, 0.4) is 0 Å². The molecule has 0 heterocycles. The Kier molecular flexibility index (Phi) is 52.3. The van der Waals surface area contributed by atoms with Crippen molar-refractivity contribution in [1.29, 1.82) is 0 Å². The van der Waals surface area contributed by atoms with Gasteiger partial charge in [-0.3, -0.25) is 14.4 Å². The monoisotopic (exact) mass is 923 g/mol. The highest BCUT2D eigenvalue weighted by Crippen LogP contribution is 2.16. The van der Waals surface area contributed by atoms with Gasteiger partial charge in [-0.25, -0.2) is 0 Å². The van der Waals surface area contributed by atoms with Crippen LogP contribution in [-0.4, -0.2) is 37.2 Å². The fraction of sp³-hybridized carbons (Fsp3) is 0.783. The van der Waals surface area contributed by atoms with Gasteiger partial charge in [-0.1, -0.05) is 242 Å². The van der Waals surface area contributed by atoms with Crippen LogP contribution in [-0.2, 0) is 28.6 Å². The summed E-state index contributed by atoms with van der Waals surface area (Å²) in [6, 6.07) is 0. The molecule has 1 atom stereocenters. The standard InChI is InChI=1S/C60H106O6/c1-4-7-10-13-16-19-22-25-28-30-32-35-38-41-44-47-50-53-59(62)65-56-57(55-64-58(61)52-49-46-43-40-37-34-27-24-21-18-15-12-9-6-3)66-60(63)54-51-48-45-42-39-36-33-31-29-26-23-20-17-14-11-8-5-2/h15-16,18-19,24-25,27-28,32,35,57H,4-14,17,20-23,26,29-31,33-34,36-56H2,1-3H3/b18-15+,19-16+,27-24+,28-25+,35-32+/t57-/m1/s1. The van der Waals surface area contributed by atoms with Crippen molar-refractivity contribution in [3.63, 3.8) is 0 Å². The number of carbonyl (C=O) groups is 3. The highest BCUT2D eigenvalue weighted by molar-refractivity contribution is 5.71. The van der Waals surface area contributed by atoms with Crippen molar-refractivity contribution in [3.05, 3.63) is 60.8 Å². The molecule has 0 fully saturated rings. The van der Waals surface area contributed by atoms with Gasteiger partial charge in [-0.2, -0.15) is 0 Å². The molecule has 0 aliphatic rings. The highest BCUT2D eigenvalue weighted by atomic mass is 16.6. The van der Waals surface area contributed by atoms with Crippen LogP contribution in [0.2, 0.25) is 0 Å². The smallest absolute Gasteiger partial charge is 0.306 e. The molecule has 0 aromatic heterocycles. The van der Waals surface area contributed by atoms with Gasteiger partial charge in [0.1, 0.15) is 13.2 Å². The lowest BCUT2D eigenvalue weighted by Crippen LogP contribution is -2.30. The lowest BCUT2D eigenvalue weighted by molar-refractivity contribution is -0.167. The Bertz CT molecular complexity index is 1200. The van der Waals surface area contributed by atoms with E-state index in [0.717, 1.165) is 103 Å². The van der Waals surface area contributed by atoms with Gasteiger partial charge in [0, 0.05) is 19.3 Å². The Balaban J connectivity index is 4.41. The van der Waals surface area contributed by atoms with Crippen molar-refractivity contribution < 1.29 is 28.6 Å². The van der Waals surface area contributed by atoms with E-state index in [1.807, 2.05) is 0 Å². The predicted molar refractivity (Wildman–Crippen MR) is 284 cm³/mol. The number of esters is 3. The number of allylic oxidation sites excluding steroid dienone is 10. The first kappa shape index (κ1) is 63.1. The molecular weight excluding hydrogens is 817 g/mol. The van der Waals surface area contributed by atoms with E-state index < -0.39 is 6.10 Å². The van der Waals surface area contributed by atoms with Crippen LogP contribution in [0.5, 0.6) is 0 Å². The van der Waals surface area contributed by atoms with Gasteiger partial charge in [0.15, 0.2) is 6.10 Å². The zero-order valence-corrected chi connectivity index (χ0v) is 43.7. The summed E-state index contributed by atoms with van der Waals surface area (Å²) in [5, 5.41) is 0. The van der Waals surface area contributed by atoms with Gasteiger partial charge < -0.3 is 14.2 Å². The largest absolute Gasteiger partial charge is 0.462 e. The third-order valence-electron chi connectivity index (χ3n) is 12.2. The molecule has 66 heavy (non-hydrogen) atoms. The quantitative estimate of drug-likeness (QED) is 0.0262. The van der Waals surface area contributed by atoms with Gasteiger partial charge in [0.2, 0.25) is 0 Å². The average molecular weight is 924 g/mol. The van der Waals surface area contributed by atoms with Gasteiger partial charge in [-0.05, 0) is 83.5 Å². The summed E-state index contributed by atoms with van der Waals surface area (Å²) in [5.41, 5.74) is 0. The number of carbonyl (C=O) groups excluding carboxylic acids is 3. The number of hydrogen-bond donors (Lipinski definition) is 0. The molecule has 6 heteroatoms. The second-order valence-electron chi connectivity index (χ2n) is 18.8. The molecule has 0 saturated carbocycles. The summed E-state index contributed by atoms with van der Waals surface area (Å²) in [4.78, 5) is 38.1. The van der Waals surface area contributed by atoms with E-state index >= 15 is 0 Å². The molecule has 0 N–H and O–H groups in total. The second kappa shape index (κ2) is 54.7. The number of rotatable bonds is 51. The fourth-order valence-electron chi connectivity index (χ4n) is 7.94. The van der Waals surface area contributed by atoms with Gasteiger partial charge in [0.05, 0.1) is 0 Å². The molecule has 0 bridgehead atoms. The topological polar surface area (TPSA) is 78.9 Å². The molecular formula is C60H106O6. The third-order valence-corrected chi connectivity index (χ3v) is 12.2. The second-order valence-corrected chi connectivity index (χ2v) is 18.8. The molecule has 0 aromatic rings. The Morgan fingerprint density at radius 1 is 0.303 bits per heavy atom. The van der Waals surface area contributed by atoms with Crippen molar-refractivity contribution in [3.8, 4) is 0 Å². The highest BCUT2D eigenvalue weighted by Gasteiger charge is 2.19. The summed E-state index contributed by atoms with van der Waals surface area (Å²) >= 11 is 0. The van der Waals surface area contributed by atoms with Crippen LogP contribution >= 0.6 is 0 Å². The number of hydrogen-bond acceptors (Lipinski definition) is 6. The average Bonchev–Trinajstić information content (AvgIpc) is 3.31. The SMILES string of the molecule is CCCC/C=C/C/C=C/CCCCCCCC(=O)OC[C@H](COC(=O)CCCCCC/C=C/C/C=C/C/C=C/CCCCC)OC(=O)CCCCCCCCCCCCCCCCCCC. The summed E-state index contributed by atoms with van der Waals surface area (Å²) in [6.45, 7) is 6.57. The Morgan fingerprint density at radius 3 is 0.924 bits per heavy atom. The van der Waals surface area contributed by atoms with E-state index in [1.54, 1.807) is 0 Å². The molecule has 0 radical (unpaired) electrons. The van der Waals surface area contributed by atoms with Gasteiger partial charge >= 0.3 is 17.9 Å². The number of unbranched alkanes of at least 4 members (excludes halogenated alkanes) is 30. The van der Waals surface area contributed by atoms with Crippen LogP contribution in [0.15, 0.2) is 60.8 Å². The molecule has 382 valence electrons. The number of ether oxygens (including phenoxy) is 3. The zero-order valence-electron chi connectivity index (χ0n) is 43.7. The maximum absolute atomic E-state index is 12.8. The van der Waals surface area contributed by atoms with E-state index in [0.29, 0.717) is 19.3 Å². The lowest BCUT2D eigenvalue weighted by atomic mass is 10.0. The molecule has 6 nitrogen and oxygen atoms in total. The molecule has 0 aliphatic carbocycles. The Hall–Kier alpha value is -2.89. The third kappa shape index (κ3) is 52.1. The first-order valence-corrected chi connectivity index (χ1v) is 28.3. The Labute approximate surface area is 409 Å². The van der Waals surface area contributed by atoms with E-state index in [-0.39, 0.29) is 31.1 Å². The predicted octanol–water partition coefficient (Wildman–Crippen LogP) is 18.8. The van der Waals surface area contributed by atoms with E-state index in [9.17, 15) is 14.4 Å². The summed E-state index contributed by atoms with van der Waals surface area (Å²) in [7, 11) is 0. The Morgan fingerprint density at radius 2 is 0.561 bits per heavy atom. The maximum Gasteiger partial charge on any atom is 0.306 e. The van der Waals surface area contributed by atoms with Crippen molar-refractivity contribution in [2.75, 3.05) is 13.2 Å². The first-order valence-electron chi connectivity index (χ1n) is 28.3. The summed E-state index contributed by atoms with van der Waals surface area (Å²) in [6.07, 6.45) is 67.7. The molecule has 0 rings (SSSR count). The van der Waals surface area contributed by atoms with Crippen molar-refractivity contribution >= 4 is 17.9 Å². The van der Waals surface area contributed by atoms with Crippen LogP contribution in [0.4, 0.5) is 0 Å². The van der Waals surface area contributed by atoms with Crippen LogP contribution in [0.1, 0.15) is 284 Å². The van der Waals surface area contributed by atoms with E-state index in [2.05, 4.69) is 81.5 Å². The fourth-order valence-corrected chi connectivity index (χ4v) is 7.94. The maximum atomic E-state index is 12.8. The first-order chi connectivity index (χ1) is 32.5. The van der Waals surface area contributed by atoms with E-state index in [1.165, 1.54) is 141 Å². The summed E-state index contributed by atoms with van der Waals surface area (Å²) in [5.74, 6) is -0.910. The van der Waals surface area contributed by atoms with Gasteiger partial charge in [-0.15, -0.1) is 0 Å². The van der Waals surface area contributed by atoms with Crippen LogP contribution in [0.25, 0.3) is 0 Å². The molecule has 0 saturated heterocycles. The van der Waals surface area contributed by atoms with Crippen LogP contribution in [0, 0.1) is 0 Å². The van der Waals surface area contributed by atoms with Crippen molar-refractivity contribution in [2.24, 2.45) is 0 Å². The molecule has 0 unspecified atom stereocenters. The van der Waals surface area contributed by atoms with E-state index in [4.69, 9.17) is 14.2 Å². The minimum atomic E-state index is -0.787. The minimum absolute atomic E-state index is 0.0868. The van der Waals surface area contributed by atoms with Crippen LogP contribution < -0.4 is 0 Å². The lowest BCUT2D eigenvalue weighted by Gasteiger charge is -2.18. The molecule has 0 aromatic carbocycles. The molecule has 0 amide bonds. The molecule has 0 aliphatic heterocycles. The van der Waals surface area contributed by atoms with Crippen molar-refractivity contribution in [1.82, 2.24) is 0 Å². The van der Waals surface area contributed by atoms with Gasteiger partial charge in [0.25, 0.3) is 0 Å². The normalized spacial score (nSPS) is 12.5. The molecule has 0 spiro atoms. The van der Waals surface area contributed by atoms with Crippen molar-refractivity contribution in [2.45, 2.75) is 290 Å². The minimum Gasteiger partial charge on any atom is -0.462 e. The summed E-state index contributed by atoms with van der Waals surface area (Å²) < 4.78 is 16.8. The zero-order chi connectivity index (χ0) is 47.9.